The Morgan fingerprint density at radius 3 is 2.40 bits per heavy atom. The summed E-state index contributed by atoms with van der Waals surface area (Å²) < 4.78 is 11.6. The number of hydrogen-bond acceptors (Lipinski definition) is 3. The maximum Gasteiger partial charge on any atom is 0.174 e. The van der Waals surface area contributed by atoms with Crippen molar-refractivity contribution in [2.45, 2.75) is 26.8 Å². The lowest BCUT2D eigenvalue weighted by molar-refractivity contribution is 0.408. The van der Waals surface area contributed by atoms with Crippen LogP contribution in [0.2, 0.25) is 0 Å². The van der Waals surface area contributed by atoms with Crippen LogP contribution in [-0.4, -0.2) is 13.7 Å². The fourth-order valence-corrected chi connectivity index (χ4v) is 3.06. The molecule has 1 aromatic carbocycles. The molecular weight excluding hydrogens is 318 g/mol. The number of methoxy groups -OCH3 is 1. The molecule has 2 aromatic rings. The number of hydrogen-bond donors (Lipinski definition) is 1. The highest BCUT2D eigenvalue weighted by molar-refractivity contribution is 9.10. The zero-order chi connectivity index (χ0) is 14.7. The van der Waals surface area contributed by atoms with Crippen LogP contribution in [0.4, 0.5) is 0 Å². The van der Waals surface area contributed by atoms with Crippen molar-refractivity contribution in [3.63, 3.8) is 0 Å². The number of halogens is 1. The molecule has 0 radical (unpaired) electrons. The third-order valence-corrected chi connectivity index (χ3v) is 4.03. The first-order valence-electron chi connectivity index (χ1n) is 6.69. The Morgan fingerprint density at radius 2 is 1.95 bits per heavy atom. The monoisotopic (exact) mass is 337 g/mol. The summed E-state index contributed by atoms with van der Waals surface area (Å²) in [5.41, 5.74) is 4.61. The Bertz CT molecular complexity index is 569. The lowest BCUT2D eigenvalue weighted by Gasteiger charge is -2.20. The van der Waals surface area contributed by atoms with Gasteiger partial charge in [0.05, 0.1) is 19.4 Å². The maximum absolute atomic E-state index is 5.44. The lowest BCUT2D eigenvalue weighted by Crippen LogP contribution is -2.22. The molecule has 3 nitrogen and oxygen atoms in total. The Morgan fingerprint density at radius 1 is 1.30 bits per heavy atom. The molecule has 0 saturated carbocycles. The van der Waals surface area contributed by atoms with Gasteiger partial charge in [0.1, 0.15) is 5.75 Å². The van der Waals surface area contributed by atoms with Crippen LogP contribution in [0.25, 0.3) is 0 Å². The molecule has 0 aliphatic carbocycles. The van der Waals surface area contributed by atoms with Crippen molar-refractivity contribution in [1.29, 1.82) is 0 Å². The van der Waals surface area contributed by atoms with E-state index in [-0.39, 0.29) is 6.04 Å². The van der Waals surface area contributed by atoms with Crippen LogP contribution in [0.15, 0.2) is 33.5 Å². The molecule has 20 heavy (non-hydrogen) atoms. The predicted octanol–water partition coefficient (Wildman–Crippen LogP) is 4.37. The zero-order valence-electron chi connectivity index (χ0n) is 12.3. The predicted molar refractivity (Wildman–Crippen MR) is 84.4 cm³/mol. The summed E-state index contributed by atoms with van der Waals surface area (Å²) in [7, 11) is 1.71. The molecule has 108 valence electrons. The van der Waals surface area contributed by atoms with Crippen molar-refractivity contribution < 1.29 is 9.15 Å². The Kier molecular flexibility index (Phi) is 4.89. The van der Waals surface area contributed by atoms with Gasteiger partial charge in [0, 0.05) is 5.56 Å². The molecule has 0 saturated heterocycles. The number of ether oxygens (including phenoxy) is 1. The average molecular weight is 338 g/mol. The smallest absolute Gasteiger partial charge is 0.174 e. The topological polar surface area (TPSA) is 34.4 Å². The minimum Gasteiger partial charge on any atom is -0.496 e. The van der Waals surface area contributed by atoms with Gasteiger partial charge < -0.3 is 14.5 Å². The molecular formula is C16H20BrNO2. The van der Waals surface area contributed by atoms with Gasteiger partial charge in [0.25, 0.3) is 0 Å². The molecule has 0 fully saturated rings. The van der Waals surface area contributed by atoms with Crippen LogP contribution >= 0.6 is 15.9 Å². The van der Waals surface area contributed by atoms with Gasteiger partial charge in [-0.15, -0.1) is 0 Å². The number of benzene rings is 1. The summed E-state index contributed by atoms with van der Waals surface area (Å²) in [5, 5.41) is 3.50. The van der Waals surface area contributed by atoms with E-state index in [1.54, 1.807) is 13.4 Å². The zero-order valence-corrected chi connectivity index (χ0v) is 13.9. The van der Waals surface area contributed by atoms with Crippen molar-refractivity contribution >= 4 is 15.9 Å². The minimum atomic E-state index is 0.108. The van der Waals surface area contributed by atoms with Gasteiger partial charge in [-0.1, -0.05) is 19.1 Å². The first-order chi connectivity index (χ1) is 9.58. The molecule has 0 spiro atoms. The van der Waals surface area contributed by atoms with Gasteiger partial charge in [-0.2, -0.15) is 0 Å². The molecule has 1 aromatic heterocycles. The highest BCUT2D eigenvalue weighted by Gasteiger charge is 2.19. The molecule has 1 unspecified atom stereocenters. The van der Waals surface area contributed by atoms with Gasteiger partial charge >= 0.3 is 0 Å². The van der Waals surface area contributed by atoms with E-state index in [1.807, 2.05) is 6.07 Å². The van der Waals surface area contributed by atoms with Gasteiger partial charge in [0.15, 0.2) is 4.67 Å². The quantitative estimate of drug-likeness (QED) is 0.879. The summed E-state index contributed by atoms with van der Waals surface area (Å²) in [4.78, 5) is 0. The van der Waals surface area contributed by atoms with E-state index < -0.39 is 0 Å². The van der Waals surface area contributed by atoms with Gasteiger partial charge in [-0.25, -0.2) is 0 Å². The largest absolute Gasteiger partial charge is 0.496 e. The molecule has 1 atom stereocenters. The van der Waals surface area contributed by atoms with Crippen molar-refractivity contribution in [2.24, 2.45) is 0 Å². The van der Waals surface area contributed by atoms with Gasteiger partial charge in [-0.3, -0.25) is 0 Å². The van der Waals surface area contributed by atoms with Gasteiger partial charge in [0.2, 0.25) is 0 Å². The van der Waals surface area contributed by atoms with E-state index >= 15 is 0 Å². The van der Waals surface area contributed by atoms with E-state index in [2.05, 4.69) is 54.2 Å². The molecule has 0 aliphatic rings. The van der Waals surface area contributed by atoms with Crippen molar-refractivity contribution in [3.8, 4) is 5.75 Å². The van der Waals surface area contributed by atoms with E-state index in [0.29, 0.717) is 0 Å². The Balaban J connectivity index is 2.48. The summed E-state index contributed by atoms with van der Waals surface area (Å²) in [6, 6.07) is 6.43. The molecule has 4 heteroatoms. The number of aryl methyl sites for hydroxylation is 2. The number of nitrogens with one attached hydrogen (secondary N) is 1. The van der Waals surface area contributed by atoms with E-state index in [9.17, 15) is 0 Å². The summed E-state index contributed by atoms with van der Waals surface area (Å²) in [6.45, 7) is 7.13. The summed E-state index contributed by atoms with van der Waals surface area (Å²) in [5.74, 6) is 0.954. The minimum absolute atomic E-state index is 0.108. The van der Waals surface area contributed by atoms with Crippen LogP contribution in [-0.2, 0) is 0 Å². The third kappa shape index (κ3) is 2.91. The fraction of sp³-hybridized carbons (Fsp3) is 0.375. The van der Waals surface area contributed by atoms with E-state index in [4.69, 9.17) is 9.15 Å². The van der Waals surface area contributed by atoms with Crippen molar-refractivity contribution in [1.82, 2.24) is 5.32 Å². The lowest BCUT2D eigenvalue weighted by atomic mass is 9.96. The second kappa shape index (κ2) is 6.46. The van der Waals surface area contributed by atoms with Crippen molar-refractivity contribution in [3.05, 3.63) is 51.4 Å². The highest BCUT2D eigenvalue weighted by Crippen LogP contribution is 2.33. The molecule has 0 amide bonds. The number of rotatable bonds is 5. The molecule has 1 N–H and O–H groups in total. The molecule has 2 rings (SSSR count). The van der Waals surface area contributed by atoms with E-state index in [1.165, 1.54) is 5.56 Å². The third-order valence-electron chi connectivity index (χ3n) is 3.39. The fourth-order valence-electron chi connectivity index (χ4n) is 2.59. The first-order valence-corrected chi connectivity index (χ1v) is 7.49. The van der Waals surface area contributed by atoms with E-state index in [0.717, 1.165) is 33.7 Å². The summed E-state index contributed by atoms with van der Waals surface area (Å²) >= 11 is 3.47. The van der Waals surface area contributed by atoms with Crippen molar-refractivity contribution in [2.75, 3.05) is 13.7 Å². The maximum atomic E-state index is 5.44. The van der Waals surface area contributed by atoms with Crippen LogP contribution in [0, 0.1) is 13.8 Å². The molecule has 1 heterocycles. The Labute approximate surface area is 128 Å². The first kappa shape index (κ1) is 15.1. The second-order valence-electron chi connectivity index (χ2n) is 4.83. The van der Waals surface area contributed by atoms with Crippen LogP contribution in [0.1, 0.15) is 35.2 Å². The highest BCUT2D eigenvalue weighted by atomic mass is 79.9. The van der Waals surface area contributed by atoms with Crippen LogP contribution < -0.4 is 10.1 Å². The van der Waals surface area contributed by atoms with Gasteiger partial charge in [-0.05, 0) is 59.1 Å². The number of furan rings is 1. The second-order valence-corrected chi connectivity index (χ2v) is 5.55. The summed E-state index contributed by atoms with van der Waals surface area (Å²) in [6.07, 6.45) is 1.70. The van der Waals surface area contributed by atoms with Crippen LogP contribution in [0.3, 0.4) is 0 Å². The average Bonchev–Trinajstić information content (AvgIpc) is 2.81. The standard InChI is InChI=1S/C16H20BrNO2/c1-5-18-14(13-6-7-20-16(13)17)12-8-10(2)15(19-4)11(3)9-12/h6-9,14,18H,5H2,1-4H3. The SMILES string of the molecule is CCNC(c1cc(C)c(OC)c(C)c1)c1ccoc1Br. The normalized spacial score (nSPS) is 12.4. The van der Waals surface area contributed by atoms with Crippen LogP contribution in [0.5, 0.6) is 5.75 Å². The molecule has 0 aliphatic heterocycles. The Hall–Kier alpha value is -1.26. The molecule has 0 bridgehead atoms.